The number of aromatic nitrogens is 1. The highest BCUT2D eigenvalue weighted by Gasteiger charge is 2.09. The third-order valence-corrected chi connectivity index (χ3v) is 4.76. The number of hydrogen-bond acceptors (Lipinski definition) is 0. The molecule has 1 aromatic heterocycles. The van der Waals surface area contributed by atoms with E-state index in [0.29, 0.717) is 0 Å². The summed E-state index contributed by atoms with van der Waals surface area (Å²) >= 11 is 3.51. The molecule has 0 amide bonds. The lowest BCUT2D eigenvalue weighted by molar-refractivity contribution is 0.794. The van der Waals surface area contributed by atoms with Crippen LogP contribution in [0.1, 0.15) is 31.0 Å². The van der Waals surface area contributed by atoms with Gasteiger partial charge < -0.3 is 4.57 Å². The molecule has 0 unspecified atom stereocenters. The maximum atomic E-state index is 3.51. The highest BCUT2D eigenvalue weighted by atomic mass is 79.9. The standard InChI is InChI=1S/C21H22BrN/c1-3-4-5-17-7-13-20(14-8-17)23-16(2)6-15-21(23)18-9-11-19(22)12-10-18/h6-15H,3-5H2,1-2H3. The van der Waals surface area contributed by atoms with Crippen LogP contribution in [0.4, 0.5) is 0 Å². The van der Waals surface area contributed by atoms with Gasteiger partial charge in [-0.05, 0) is 67.3 Å². The van der Waals surface area contributed by atoms with Gasteiger partial charge in [0, 0.05) is 15.9 Å². The van der Waals surface area contributed by atoms with Gasteiger partial charge >= 0.3 is 0 Å². The van der Waals surface area contributed by atoms with Crippen molar-refractivity contribution in [2.24, 2.45) is 0 Å². The van der Waals surface area contributed by atoms with Gasteiger partial charge in [-0.25, -0.2) is 0 Å². The van der Waals surface area contributed by atoms with E-state index in [9.17, 15) is 0 Å². The Morgan fingerprint density at radius 3 is 2.22 bits per heavy atom. The van der Waals surface area contributed by atoms with Crippen molar-refractivity contribution < 1.29 is 0 Å². The fraction of sp³-hybridized carbons (Fsp3) is 0.238. The Kier molecular flexibility index (Phi) is 5.02. The Morgan fingerprint density at radius 2 is 1.57 bits per heavy atom. The molecule has 2 heteroatoms. The molecule has 0 N–H and O–H groups in total. The summed E-state index contributed by atoms with van der Waals surface area (Å²) in [6.07, 6.45) is 3.67. The van der Waals surface area contributed by atoms with Crippen molar-refractivity contribution in [1.29, 1.82) is 0 Å². The normalized spacial score (nSPS) is 10.9. The highest BCUT2D eigenvalue weighted by Crippen LogP contribution is 2.27. The third kappa shape index (κ3) is 3.59. The Balaban J connectivity index is 1.96. The van der Waals surface area contributed by atoms with Crippen LogP contribution in [0.25, 0.3) is 16.9 Å². The van der Waals surface area contributed by atoms with E-state index in [4.69, 9.17) is 0 Å². The van der Waals surface area contributed by atoms with E-state index in [2.05, 4.69) is 95.0 Å². The van der Waals surface area contributed by atoms with Crippen molar-refractivity contribution in [3.63, 3.8) is 0 Å². The van der Waals surface area contributed by atoms with E-state index in [1.54, 1.807) is 0 Å². The van der Waals surface area contributed by atoms with Gasteiger partial charge in [-0.15, -0.1) is 0 Å². The second-order valence-corrected chi connectivity index (χ2v) is 6.89. The van der Waals surface area contributed by atoms with Crippen molar-refractivity contribution in [1.82, 2.24) is 4.57 Å². The van der Waals surface area contributed by atoms with Crippen LogP contribution in [-0.4, -0.2) is 4.57 Å². The molecule has 0 saturated carbocycles. The van der Waals surface area contributed by atoms with Crippen molar-refractivity contribution >= 4 is 15.9 Å². The van der Waals surface area contributed by atoms with Crippen LogP contribution < -0.4 is 0 Å². The van der Waals surface area contributed by atoms with Crippen LogP contribution in [0.2, 0.25) is 0 Å². The summed E-state index contributed by atoms with van der Waals surface area (Å²) in [6, 6.07) is 21.9. The maximum Gasteiger partial charge on any atom is 0.0531 e. The number of halogens is 1. The van der Waals surface area contributed by atoms with Gasteiger partial charge in [0.2, 0.25) is 0 Å². The predicted molar refractivity (Wildman–Crippen MR) is 102 cm³/mol. The number of benzene rings is 2. The van der Waals surface area contributed by atoms with E-state index >= 15 is 0 Å². The smallest absolute Gasteiger partial charge is 0.0531 e. The zero-order chi connectivity index (χ0) is 16.2. The van der Waals surface area contributed by atoms with Gasteiger partial charge in [0.15, 0.2) is 0 Å². The maximum absolute atomic E-state index is 3.51. The highest BCUT2D eigenvalue weighted by molar-refractivity contribution is 9.10. The van der Waals surface area contributed by atoms with Crippen LogP contribution in [-0.2, 0) is 6.42 Å². The van der Waals surface area contributed by atoms with Crippen molar-refractivity contribution in [3.05, 3.63) is 76.4 Å². The molecule has 23 heavy (non-hydrogen) atoms. The number of aryl methyl sites for hydroxylation is 2. The zero-order valence-corrected chi connectivity index (χ0v) is 15.3. The Hall–Kier alpha value is -1.80. The summed E-state index contributed by atoms with van der Waals surface area (Å²) in [6.45, 7) is 4.40. The van der Waals surface area contributed by atoms with Crippen molar-refractivity contribution in [2.75, 3.05) is 0 Å². The van der Waals surface area contributed by atoms with E-state index in [1.165, 1.54) is 47.5 Å². The molecular weight excluding hydrogens is 346 g/mol. The number of nitrogens with zero attached hydrogens (tertiary/aromatic N) is 1. The van der Waals surface area contributed by atoms with Crippen LogP contribution >= 0.6 is 15.9 Å². The minimum absolute atomic E-state index is 1.11. The Bertz CT molecular complexity index is 767. The van der Waals surface area contributed by atoms with Gasteiger partial charge in [0.25, 0.3) is 0 Å². The molecule has 0 aliphatic rings. The average Bonchev–Trinajstić information content (AvgIpc) is 2.96. The Labute approximate surface area is 147 Å². The number of unbranched alkanes of at least 4 members (excludes halogenated alkanes) is 1. The fourth-order valence-corrected chi connectivity index (χ4v) is 3.18. The summed E-state index contributed by atoms with van der Waals surface area (Å²) in [4.78, 5) is 0. The summed E-state index contributed by atoms with van der Waals surface area (Å²) in [5.74, 6) is 0. The number of hydrogen-bond donors (Lipinski definition) is 0. The lowest BCUT2D eigenvalue weighted by atomic mass is 10.1. The molecule has 0 fully saturated rings. The molecule has 0 radical (unpaired) electrons. The predicted octanol–water partition coefficient (Wildman–Crippen LogP) is 6.56. The van der Waals surface area contributed by atoms with Gasteiger partial charge in [-0.1, -0.05) is 53.5 Å². The summed E-state index contributed by atoms with van der Waals surface area (Å²) < 4.78 is 3.43. The van der Waals surface area contributed by atoms with Crippen LogP contribution in [0.3, 0.4) is 0 Å². The quantitative estimate of drug-likeness (QED) is 0.481. The van der Waals surface area contributed by atoms with Crippen LogP contribution in [0, 0.1) is 6.92 Å². The van der Waals surface area contributed by atoms with E-state index in [-0.39, 0.29) is 0 Å². The molecule has 0 saturated heterocycles. The molecule has 0 spiro atoms. The topological polar surface area (TPSA) is 4.93 Å². The first-order chi connectivity index (χ1) is 11.2. The molecule has 3 rings (SSSR count). The zero-order valence-electron chi connectivity index (χ0n) is 13.7. The van der Waals surface area contributed by atoms with Crippen molar-refractivity contribution in [2.45, 2.75) is 33.1 Å². The summed E-state index contributed by atoms with van der Waals surface area (Å²) in [5.41, 5.74) is 6.37. The Morgan fingerprint density at radius 1 is 0.870 bits per heavy atom. The molecule has 2 aromatic carbocycles. The molecule has 0 aliphatic carbocycles. The van der Waals surface area contributed by atoms with E-state index in [0.717, 1.165) is 4.47 Å². The molecule has 0 bridgehead atoms. The van der Waals surface area contributed by atoms with Gasteiger partial charge in [-0.3, -0.25) is 0 Å². The summed E-state index contributed by atoms with van der Waals surface area (Å²) in [5, 5.41) is 0. The minimum atomic E-state index is 1.11. The molecule has 0 atom stereocenters. The SMILES string of the molecule is CCCCc1ccc(-n2c(C)ccc2-c2ccc(Br)cc2)cc1. The van der Waals surface area contributed by atoms with E-state index < -0.39 is 0 Å². The van der Waals surface area contributed by atoms with Gasteiger partial charge in [-0.2, -0.15) is 0 Å². The first kappa shape index (κ1) is 16.1. The first-order valence-corrected chi connectivity index (χ1v) is 9.02. The average molecular weight is 368 g/mol. The van der Waals surface area contributed by atoms with Gasteiger partial charge in [0.05, 0.1) is 5.69 Å². The fourth-order valence-electron chi connectivity index (χ4n) is 2.92. The molecule has 1 heterocycles. The molecule has 118 valence electrons. The summed E-state index contributed by atoms with van der Waals surface area (Å²) in [7, 11) is 0. The van der Waals surface area contributed by atoms with Gasteiger partial charge in [0.1, 0.15) is 0 Å². The largest absolute Gasteiger partial charge is 0.314 e. The number of rotatable bonds is 5. The lowest BCUT2D eigenvalue weighted by Gasteiger charge is -2.13. The monoisotopic (exact) mass is 367 g/mol. The minimum Gasteiger partial charge on any atom is -0.314 e. The van der Waals surface area contributed by atoms with Crippen LogP contribution in [0.15, 0.2) is 65.1 Å². The molecular formula is C21H22BrN. The second-order valence-electron chi connectivity index (χ2n) is 5.97. The lowest BCUT2D eigenvalue weighted by Crippen LogP contribution is -1.99. The molecule has 0 aliphatic heterocycles. The molecule has 1 nitrogen and oxygen atoms in total. The molecule has 3 aromatic rings. The first-order valence-electron chi connectivity index (χ1n) is 8.22. The van der Waals surface area contributed by atoms with E-state index in [1.807, 2.05) is 0 Å². The second kappa shape index (κ2) is 7.18. The van der Waals surface area contributed by atoms with Crippen molar-refractivity contribution in [3.8, 4) is 16.9 Å². The third-order valence-electron chi connectivity index (χ3n) is 4.23. The van der Waals surface area contributed by atoms with Crippen LogP contribution in [0.5, 0.6) is 0 Å².